The molecule has 102 valence electrons. The van der Waals surface area contributed by atoms with Crippen LogP contribution in [0.3, 0.4) is 0 Å². The maximum Gasteiger partial charge on any atom is 0.157 e. The fraction of sp³-hybridized carbons (Fsp3) is 0.857. The van der Waals surface area contributed by atoms with Gasteiger partial charge in [0, 0.05) is 19.8 Å². The standard InChI is InChI=1S/C14H28O3/c1-3-12-16-14(17-13-4-2)10-8-6-5-7-9-11-15/h5,7,14-15H,3-4,6,8-13H2,1-2H3/b7-5-. The van der Waals surface area contributed by atoms with E-state index in [1.54, 1.807) is 0 Å². The molecular weight excluding hydrogens is 216 g/mol. The van der Waals surface area contributed by atoms with E-state index in [-0.39, 0.29) is 12.9 Å². The van der Waals surface area contributed by atoms with Crippen LogP contribution in [0.15, 0.2) is 12.2 Å². The summed E-state index contributed by atoms with van der Waals surface area (Å²) >= 11 is 0. The zero-order valence-corrected chi connectivity index (χ0v) is 11.4. The lowest BCUT2D eigenvalue weighted by Gasteiger charge is -2.17. The SMILES string of the molecule is CCCOC(CCC/C=C\CCO)OCCC. The number of aliphatic hydroxyl groups excluding tert-OH is 1. The largest absolute Gasteiger partial charge is 0.396 e. The van der Waals surface area contributed by atoms with Crippen LogP contribution in [0.1, 0.15) is 52.4 Å². The predicted molar refractivity (Wildman–Crippen MR) is 71.0 cm³/mol. The molecule has 0 aliphatic rings. The monoisotopic (exact) mass is 244 g/mol. The number of allylic oxidation sites excluding steroid dienone is 1. The minimum absolute atomic E-state index is 0.0406. The first-order valence-corrected chi connectivity index (χ1v) is 6.84. The Bertz CT molecular complexity index is 161. The Morgan fingerprint density at radius 2 is 1.59 bits per heavy atom. The van der Waals surface area contributed by atoms with Crippen molar-refractivity contribution in [3.05, 3.63) is 12.2 Å². The van der Waals surface area contributed by atoms with Crippen LogP contribution in [0.25, 0.3) is 0 Å². The molecule has 0 aromatic heterocycles. The third kappa shape index (κ3) is 11.9. The zero-order valence-electron chi connectivity index (χ0n) is 11.4. The predicted octanol–water partition coefficient (Wildman–Crippen LogP) is 3.27. The lowest BCUT2D eigenvalue weighted by Crippen LogP contribution is -2.18. The van der Waals surface area contributed by atoms with E-state index < -0.39 is 0 Å². The molecule has 0 aromatic rings. The van der Waals surface area contributed by atoms with Crippen molar-refractivity contribution in [2.75, 3.05) is 19.8 Å². The highest BCUT2D eigenvalue weighted by Gasteiger charge is 2.07. The highest BCUT2D eigenvalue weighted by atomic mass is 16.7. The summed E-state index contributed by atoms with van der Waals surface area (Å²) in [4.78, 5) is 0. The van der Waals surface area contributed by atoms with Gasteiger partial charge in [0.05, 0.1) is 0 Å². The topological polar surface area (TPSA) is 38.7 Å². The summed E-state index contributed by atoms with van der Waals surface area (Å²) in [6, 6.07) is 0. The van der Waals surface area contributed by atoms with Crippen molar-refractivity contribution in [2.45, 2.75) is 58.7 Å². The summed E-state index contributed by atoms with van der Waals surface area (Å²) in [5.74, 6) is 0. The van der Waals surface area contributed by atoms with Gasteiger partial charge in [0.1, 0.15) is 0 Å². The van der Waals surface area contributed by atoms with Crippen LogP contribution in [-0.4, -0.2) is 31.2 Å². The summed E-state index contributed by atoms with van der Waals surface area (Å²) in [6.45, 7) is 5.99. The molecule has 0 aliphatic heterocycles. The second kappa shape index (κ2) is 13.7. The second-order valence-electron chi connectivity index (χ2n) is 4.09. The zero-order chi connectivity index (χ0) is 12.8. The van der Waals surface area contributed by atoms with Crippen molar-refractivity contribution in [3.8, 4) is 0 Å². The first-order chi connectivity index (χ1) is 8.35. The molecule has 17 heavy (non-hydrogen) atoms. The average molecular weight is 244 g/mol. The summed E-state index contributed by atoms with van der Waals surface area (Å²) in [7, 11) is 0. The van der Waals surface area contributed by atoms with Crippen molar-refractivity contribution in [1.82, 2.24) is 0 Å². The third-order valence-electron chi connectivity index (χ3n) is 2.29. The normalized spacial score (nSPS) is 11.8. The number of rotatable bonds is 12. The van der Waals surface area contributed by atoms with Crippen molar-refractivity contribution in [1.29, 1.82) is 0 Å². The Kier molecular flexibility index (Phi) is 13.4. The van der Waals surface area contributed by atoms with Crippen molar-refractivity contribution in [3.63, 3.8) is 0 Å². The first-order valence-electron chi connectivity index (χ1n) is 6.84. The van der Waals surface area contributed by atoms with E-state index in [0.717, 1.165) is 51.7 Å². The van der Waals surface area contributed by atoms with Crippen LogP contribution in [0.4, 0.5) is 0 Å². The number of ether oxygens (including phenoxy) is 2. The quantitative estimate of drug-likeness (QED) is 0.325. The molecule has 0 rings (SSSR count). The molecule has 0 unspecified atom stereocenters. The van der Waals surface area contributed by atoms with Gasteiger partial charge in [0.2, 0.25) is 0 Å². The van der Waals surface area contributed by atoms with E-state index in [0.29, 0.717) is 0 Å². The molecular formula is C14H28O3. The van der Waals surface area contributed by atoms with Crippen LogP contribution < -0.4 is 0 Å². The van der Waals surface area contributed by atoms with E-state index in [2.05, 4.69) is 19.9 Å². The molecule has 0 saturated heterocycles. The molecule has 0 fully saturated rings. The lowest BCUT2D eigenvalue weighted by atomic mass is 10.2. The maximum absolute atomic E-state index is 8.61. The van der Waals surface area contributed by atoms with E-state index in [1.165, 1.54) is 0 Å². The van der Waals surface area contributed by atoms with Crippen LogP contribution in [-0.2, 0) is 9.47 Å². The number of hydrogen-bond acceptors (Lipinski definition) is 3. The highest BCUT2D eigenvalue weighted by Crippen LogP contribution is 2.08. The number of hydrogen-bond donors (Lipinski definition) is 1. The van der Waals surface area contributed by atoms with Gasteiger partial charge in [-0.3, -0.25) is 0 Å². The molecule has 3 heteroatoms. The number of aliphatic hydroxyl groups is 1. The van der Waals surface area contributed by atoms with Gasteiger partial charge in [0.25, 0.3) is 0 Å². The molecule has 0 bridgehead atoms. The second-order valence-corrected chi connectivity index (χ2v) is 4.09. The molecule has 3 nitrogen and oxygen atoms in total. The van der Waals surface area contributed by atoms with Gasteiger partial charge in [-0.25, -0.2) is 0 Å². The molecule has 0 radical (unpaired) electrons. The summed E-state index contributed by atoms with van der Waals surface area (Å²) in [5, 5.41) is 8.61. The van der Waals surface area contributed by atoms with Gasteiger partial charge in [-0.05, 0) is 38.5 Å². The third-order valence-corrected chi connectivity index (χ3v) is 2.29. The van der Waals surface area contributed by atoms with Gasteiger partial charge in [-0.15, -0.1) is 0 Å². The molecule has 1 N–H and O–H groups in total. The Morgan fingerprint density at radius 1 is 1.00 bits per heavy atom. The Balaban J connectivity index is 3.59. The van der Waals surface area contributed by atoms with Crippen molar-refractivity contribution < 1.29 is 14.6 Å². The number of unbranched alkanes of at least 4 members (excludes halogenated alkanes) is 1. The Labute approximate surface area is 106 Å². The smallest absolute Gasteiger partial charge is 0.157 e. The summed E-state index contributed by atoms with van der Waals surface area (Å²) < 4.78 is 11.3. The van der Waals surface area contributed by atoms with Crippen molar-refractivity contribution in [2.24, 2.45) is 0 Å². The molecule has 0 amide bonds. The van der Waals surface area contributed by atoms with Crippen LogP contribution in [0.5, 0.6) is 0 Å². The van der Waals surface area contributed by atoms with Gasteiger partial charge in [-0.1, -0.05) is 26.0 Å². The lowest BCUT2D eigenvalue weighted by molar-refractivity contribution is -0.146. The molecule has 0 heterocycles. The highest BCUT2D eigenvalue weighted by molar-refractivity contribution is 4.81. The molecule has 0 spiro atoms. The van der Waals surface area contributed by atoms with E-state index >= 15 is 0 Å². The van der Waals surface area contributed by atoms with E-state index in [4.69, 9.17) is 14.6 Å². The molecule has 0 saturated carbocycles. The maximum atomic E-state index is 8.61. The van der Waals surface area contributed by atoms with Crippen molar-refractivity contribution >= 4 is 0 Å². The Morgan fingerprint density at radius 3 is 2.12 bits per heavy atom. The van der Waals surface area contributed by atoms with Gasteiger partial charge in [0.15, 0.2) is 6.29 Å². The van der Waals surface area contributed by atoms with Gasteiger partial charge < -0.3 is 14.6 Å². The van der Waals surface area contributed by atoms with Crippen LogP contribution in [0.2, 0.25) is 0 Å². The molecule has 0 atom stereocenters. The Hall–Kier alpha value is -0.380. The minimum Gasteiger partial charge on any atom is -0.396 e. The summed E-state index contributed by atoms with van der Waals surface area (Å²) in [5.41, 5.74) is 0. The van der Waals surface area contributed by atoms with E-state index in [9.17, 15) is 0 Å². The fourth-order valence-corrected chi connectivity index (χ4v) is 1.43. The van der Waals surface area contributed by atoms with Gasteiger partial charge >= 0.3 is 0 Å². The van der Waals surface area contributed by atoms with E-state index in [1.807, 2.05) is 6.08 Å². The average Bonchev–Trinajstić information content (AvgIpc) is 2.35. The van der Waals surface area contributed by atoms with Crippen LogP contribution >= 0.6 is 0 Å². The minimum atomic E-state index is -0.0406. The fourth-order valence-electron chi connectivity index (χ4n) is 1.43. The summed E-state index contributed by atoms with van der Waals surface area (Å²) in [6.07, 6.45) is 9.96. The van der Waals surface area contributed by atoms with Crippen LogP contribution in [0, 0.1) is 0 Å². The molecule has 0 aliphatic carbocycles. The van der Waals surface area contributed by atoms with Gasteiger partial charge in [-0.2, -0.15) is 0 Å². The first kappa shape index (κ1) is 16.6. The molecule has 0 aromatic carbocycles.